The lowest BCUT2D eigenvalue weighted by molar-refractivity contribution is 0.0598. The average molecular weight is 209 g/mol. The van der Waals surface area contributed by atoms with E-state index in [2.05, 4.69) is 9.72 Å². The predicted molar refractivity (Wildman–Crippen MR) is 57.1 cm³/mol. The van der Waals surface area contributed by atoms with Crippen LogP contribution in [0.4, 0.5) is 0 Å². The zero-order chi connectivity index (χ0) is 11.6. The van der Waals surface area contributed by atoms with E-state index in [1.807, 2.05) is 20.8 Å². The molecule has 4 nitrogen and oxygen atoms in total. The van der Waals surface area contributed by atoms with Gasteiger partial charge in [0.25, 0.3) is 5.56 Å². The van der Waals surface area contributed by atoms with Crippen molar-refractivity contribution in [1.29, 1.82) is 0 Å². The van der Waals surface area contributed by atoms with Crippen LogP contribution >= 0.6 is 0 Å². The number of hydrogen-bond donors (Lipinski definition) is 1. The molecule has 0 saturated heterocycles. The van der Waals surface area contributed by atoms with Crippen LogP contribution < -0.4 is 5.56 Å². The van der Waals surface area contributed by atoms with Gasteiger partial charge in [0.05, 0.1) is 7.11 Å². The van der Waals surface area contributed by atoms with Gasteiger partial charge in [-0.05, 0) is 17.0 Å². The molecule has 1 rings (SSSR count). The number of carbonyl (C=O) groups is 1. The maximum absolute atomic E-state index is 11.3. The van der Waals surface area contributed by atoms with Crippen molar-refractivity contribution < 1.29 is 9.53 Å². The van der Waals surface area contributed by atoms with E-state index in [9.17, 15) is 9.59 Å². The summed E-state index contributed by atoms with van der Waals surface area (Å²) in [6.07, 6.45) is 1.62. The van der Waals surface area contributed by atoms with Gasteiger partial charge in [-0.25, -0.2) is 4.79 Å². The second-order valence-corrected chi connectivity index (χ2v) is 4.37. The molecule has 82 valence electrons. The fourth-order valence-electron chi connectivity index (χ4n) is 1.18. The van der Waals surface area contributed by atoms with E-state index in [0.29, 0.717) is 0 Å². The molecule has 0 unspecified atom stereocenters. The normalized spacial score (nSPS) is 11.2. The third-order valence-corrected chi connectivity index (χ3v) is 2.17. The van der Waals surface area contributed by atoms with Gasteiger partial charge in [-0.1, -0.05) is 20.8 Å². The van der Waals surface area contributed by atoms with E-state index in [1.54, 1.807) is 12.3 Å². The minimum atomic E-state index is -0.609. The zero-order valence-corrected chi connectivity index (χ0v) is 9.38. The van der Waals surface area contributed by atoms with Crippen molar-refractivity contribution >= 4 is 5.97 Å². The number of pyridine rings is 1. The monoisotopic (exact) mass is 209 g/mol. The number of hydrogen-bond acceptors (Lipinski definition) is 3. The van der Waals surface area contributed by atoms with Crippen molar-refractivity contribution in [2.45, 2.75) is 26.2 Å². The van der Waals surface area contributed by atoms with E-state index in [4.69, 9.17) is 0 Å². The Hall–Kier alpha value is -1.58. The summed E-state index contributed by atoms with van der Waals surface area (Å²) in [5.41, 5.74) is 0.398. The molecule has 0 aliphatic rings. The Labute approximate surface area is 88.3 Å². The summed E-state index contributed by atoms with van der Waals surface area (Å²) >= 11 is 0. The number of carbonyl (C=O) groups excluding carboxylic acids is 1. The van der Waals surface area contributed by atoms with Gasteiger partial charge in [0.1, 0.15) is 5.56 Å². The maximum atomic E-state index is 11.3. The molecule has 4 heteroatoms. The zero-order valence-electron chi connectivity index (χ0n) is 9.38. The molecule has 15 heavy (non-hydrogen) atoms. The number of esters is 1. The summed E-state index contributed by atoms with van der Waals surface area (Å²) in [6.45, 7) is 6.01. The standard InChI is InChI=1S/C11H15NO3/c1-11(2,3)7-5-8(10(14)15-4)9(13)12-6-7/h5-6H,1-4H3,(H,12,13). The lowest BCUT2D eigenvalue weighted by atomic mass is 9.87. The van der Waals surface area contributed by atoms with Gasteiger partial charge in [-0.3, -0.25) is 4.79 Å². The number of aromatic nitrogens is 1. The van der Waals surface area contributed by atoms with Gasteiger partial charge in [0.2, 0.25) is 0 Å². The van der Waals surface area contributed by atoms with Crippen LogP contribution in [0.1, 0.15) is 36.7 Å². The molecule has 1 aromatic heterocycles. The number of ether oxygens (including phenoxy) is 1. The van der Waals surface area contributed by atoms with Crippen molar-refractivity contribution in [2.24, 2.45) is 0 Å². The highest BCUT2D eigenvalue weighted by Gasteiger charge is 2.18. The first-order valence-electron chi connectivity index (χ1n) is 4.68. The Bertz CT molecular complexity index is 426. The molecule has 0 aliphatic heterocycles. The number of H-pyrrole nitrogens is 1. The van der Waals surface area contributed by atoms with Gasteiger partial charge < -0.3 is 9.72 Å². The molecule has 0 aromatic carbocycles. The summed E-state index contributed by atoms with van der Waals surface area (Å²) in [4.78, 5) is 25.1. The Kier molecular flexibility index (Phi) is 2.98. The summed E-state index contributed by atoms with van der Waals surface area (Å²) < 4.78 is 4.53. The summed E-state index contributed by atoms with van der Waals surface area (Å²) in [5, 5.41) is 0. The third kappa shape index (κ3) is 2.46. The minimum absolute atomic E-state index is 0.0462. The molecule has 0 atom stereocenters. The summed E-state index contributed by atoms with van der Waals surface area (Å²) in [5.74, 6) is -0.609. The fourth-order valence-corrected chi connectivity index (χ4v) is 1.18. The SMILES string of the molecule is COC(=O)c1cc(C(C)(C)C)c[nH]c1=O. The minimum Gasteiger partial charge on any atom is -0.465 e. The molecular weight excluding hydrogens is 194 g/mol. The van der Waals surface area contributed by atoms with Crippen molar-refractivity contribution in [1.82, 2.24) is 4.98 Å². The summed E-state index contributed by atoms with van der Waals surface area (Å²) in [7, 11) is 1.26. The summed E-state index contributed by atoms with van der Waals surface area (Å²) in [6, 6.07) is 1.57. The van der Waals surface area contributed by atoms with Crippen molar-refractivity contribution in [3.8, 4) is 0 Å². The highest BCUT2D eigenvalue weighted by molar-refractivity contribution is 5.89. The topological polar surface area (TPSA) is 59.2 Å². The largest absolute Gasteiger partial charge is 0.465 e. The lowest BCUT2D eigenvalue weighted by Gasteiger charge is -2.18. The number of aromatic amines is 1. The molecule has 0 aliphatic carbocycles. The highest BCUT2D eigenvalue weighted by atomic mass is 16.5. The first-order chi connectivity index (χ1) is 6.86. The van der Waals surface area contributed by atoms with Gasteiger partial charge in [-0.15, -0.1) is 0 Å². The Morgan fingerprint density at radius 3 is 2.47 bits per heavy atom. The van der Waals surface area contributed by atoms with Crippen LogP contribution in [0.2, 0.25) is 0 Å². The molecule has 0 radical (unpaired) electrons. The number of methoxy groups -OCH3 is 1. The van der Waals surface area contributed by atoms with Gasteiger partial charge in [-0.2, -0.15) is 0 Å². The molecule has 0 saturated carbocycles. The molecule has 0 amide bonds. The quantitative estimate of drug-likeness (QED) is 0.712. The molecule has 1 aromatic rings. The second-order valence-electron chi connectivity index (χ2n) is 4.37. The van der Waals surface area contributed by atoms with Crippen molar-refractivity contribution in [3.63, 3.8) is 0 Å². The van der Waals surface area contributed by atoms with Crippen LogP contribution in [-0.2, 0) is 10.2 Å². The van der Waals surface area contributed by atoms with Crippen LogP contribution in [-0.4, -0.2) is 18.1 Å². The van der Waals surface area contributed by atoms with E-state index < -0.39 is 11.5 Å². The first kappa shape index (κ1) is 11.5. The van der Waals surface area contributed by atoms with Crippen LogP contribution in [0.3, 0.4) is 0 Å². The van der Waals surface area contributed by atoms with Gasteiger partial charge >= 0.3 is 5.97 Å². The van der Waals surface area contributed by atoms with E-state index in [-0.39, 0.29) is 11.0 Å². The maximum Gasteiger partial charge on any atom is 0.343 e. The lowest BCUT2D eigenvalue weighted by Crippen LogP contribution is -2.22. The van der Waals surface area contributed by atoms with Crippen LogP contribution in [0, 0.1) is 0 Å². The molecule has 1 N–H and O–H groups in total. The van der Waals surface area contributed by atoms with E-state index in [0.717, 1.165) is 5.56 Å². The third-order valence-electron chi connectivity index (χ3n) is 2.17. The first-order valence-corrected chi connectivity index (χ1v) is 4.68. The molecule has 0 fully saturated rings. The van der Waals surface area contributed by atoms with Gasteiger partial charge in [0, 0.05) is 6.20 Å². The van der Waals surface area contributed by atoms with Crippen molar-refractivity contribution in [3.05, 3.63) is 33.7 Å². The van der Waals surface area contributed by atoms with Crippen molar-refractivity contribution in [2.75, 3.05) is 7.11 Å². The van der Waals surface area contributed by atoms with Crippen LogP contribution in [0.25, 0.3) is 0 Å². The molecular formula is C11H15NO3. The van der Waals surface area contributed by atoms with E-state index >= 15 is 0 Å². The number of nitrogens with one attached hydrogen (secondary N) is 1. The Morgan fingerprint density at radius 2 is 2.00 bits per heavy atom. The average Bonchev–Trinajstić information content (AvgIpc) is 2.15. The Morgan fingerprint density at radius 1 is 1.40 bits per heavy atom. The smallest absolute Gasteiger partial charge is 0.343 e. The molecule has 1 heterocycles. The van der Waals surface area contributed by atoms with Gasteiger partial charge in [0.15, 0.2) is 0 Å². The predicted octanol–water partition coefficient (Wildman–Crippen LogP) is 1.46. The van der Waals surface area contributed by atoms with Crippen LogP contribution in [0.15, 0.2) is 17.1 Å². The highest BCUT2D eigenvalue weighted by Crippen LogP contribution is 2.20. The van der Waals surface area contributed by atoms with E-state index in [1.165, 1.54) is 7.11 Å². The van der Waals surface area contributed by atoms with Crippen LogP contribution in [0.5, 0.6) is 0 Å². The second kappa shape index (κ2) is 3.88. The molecule has 0 bridgehead atoms. The fraction of sp³-hybridized carbons (Fsp3) is 0.455. The number of rotatable bonds is 1. The Balaban J connectivity index is 3.29. The molecule has 0 spiro atoms.